The van der Waals surface area contributed by atoms with Crippen molar-refractivity contribution in [3.63, 3.8) is 0 Å². The van der Waals surface area contributed by atoms with E-state index in [0.29, 0.717) is 17.9 Å². The number of tetrazole rings is 1. The molecule has 1 atom stereocenters. The standard InChI is InChI=1S/C29H29N7O2/c1-38-24-12-13-26-22(18-24)19-25(29(37)30-26)27(28-31-32-33-36(28)20-21-8-4-2-5-9-21)35-16-14-34(15-17-35)23-10-6-3-7-11-23/h2-13,18-19,27H,14-17,20H2,1H3,(H,30,37). The quantitative estimate of drug-likeness (QED) is 0.361. The number of aromatic amines is 1. The number of nitrogens with zero attached hydrogens (tertiary/aromatic N) is 6. The minimum absolute atomic E-state index is 0.146. The molecule has 1 aliphatic heterocycles. The third-order valence-electron chi connectivity index (χ3n) is 7.15. The molecular weight excluding hydrogens is 478 g/mol. The number of anilines is 1. The molecule has 2 aromatic heterocycles. The van der Waals surface area contributed by atoms with Crippen LogP contribution in [0.4, 0.5) is 5.69 Å². The number of fused-ring (bicyclic) bond motifs is 1. The summed E-state index contributed by atoms with van der Waals surface area (Å²) in [5.41, 5.74) is 3.52. The number of piperazine rings is 1. The second kappa shape index (κ2) is 10.5. The van der Waals surface area contributed by atoms with E-state index < -0.39 is 6.04 Å². The van der Waals surface area contributed by atoms with Crippen molar-refractivity contribution in [1.82, 2.24) is 30.1 Å². The highest BCUT2D eigenvalue weighted by atomic mass is 16.5. The van der Waals surface area contributed by atoms with Crippen LogP contribution < -0.4 is 15.2 Å². The van der Waals surface area contributed by atoms with Gasteiger partial charge in [-0.3, -0.25) is 9.69 Å². The van der Waals surface area contributed by atoms with Crippen LogP contribution >= 0.6 is 0 Å². The highest BCUT2D eigenvalue weighted by Crippen LogP contribution is 2.30. The van der Waals surface area contributed by atoms with Crippen molar-refractivity contribution in [3.8, 4) is 5.75 Å². The summed E-state index contributed by atoms with van der Waals surface area (Å²) < 4.78 is 7.24. The molecule has 9 nitrogen and oxygen atoms in total. The van der Waals surface area contributed by atoms with Crippen molar-refractivity contribution in [2.75, 3.05) is 38.2 Å². The lowest BCUT2D eigenvalue weighted by Crippen LogP contribution is -2.49. The van der Waals surface area contributed by atoms with Crippen LogP contribution in [0.15, 0.2) is 89.7 Å². The van der Waals surface area contributed by atoms with E-state index in [1.807, 2.05) is 60.7 Å². The molecule has 3 heterocycles. The van der Waals surface area contributed by atoms with Gasteiger partial charge in [-0.15, -0.1) is 5.10 Å². The number of hydrogen-bond acceptors (Lipinski definition) is 7. The van der Waals surface area contributed by atoms with E-state index in [4.69, 9.17) is 4.74 Å². The van der Waals surface area contributed by atoms with Crippen LogP contribution in [0.1, 0.15) is 23.0 Å². The largest absolute Gasteiger partial charge is 0.497 e. The molecule has 38 heavy (non-hydrogen) atoms. The first kappa shape index (κ1) is 23.9. The predicted octanol–water partition coefficient (Wildman–Crippen LogP) is 3.48. The maximum Gasteiger partial charge on any atom is 0.253 e. The number of H-pyrrole nitrogens is 1. The lowest BCUT2D eigenvalue weighted by atomic mass is 10.0. The van der Waals surface area contributed by atoms with E-state index in [-0.39, 0.29) is 5.56 Å². The van der Waals surface area contributed by atoms with Gasteiger partial charge in [-0.05, 0) is 52.4 Å². The monoisotopic (exact) mass is 507 g/mol. The fraction of sp³-hybridized carbons (Fsp3) is 0.241. The predicted molar refractivity (Wildman–Crippen MR) is 147 cm³/mol. The van der Waals surface area contributed by atoms with Gasteiger partial charge in [0.05, 0.1) is 13.7 Å². The smallest absolute Gasteiger partial charge is 0.253 e. The lowest BCUT2D eigenvalue weighted by molar-refractivity contribution is 0.200. The Kier molecular flexibility index (Phi) is 6.58. The third kappa shape index (κ3) is 4.76. The number of benzene rings is 3. The summed E-state index contributed by atoms with van der Waals surface area (Å²) in [6.07, 6.45) is 0. The van der Waals surface area contributed by atoms with Gasteiger partial charge >= 0.3 is 0 Å². The SMILES string of the molecule is COc1ccc2[nH]c(=O)c(C(c3nnnn3Cc3ccccc3)N3CCN(c4ccccc4)CC3)cc2c1. The van der Waals surface area contributed by atoms with Gasteiger partial charge < -0.3 is 14.6 Å². The van der Waals surface area contributed by atoms with Gasteiger partial charge in [-0.2, -0.15) is 0 Å². The summed E-state index contributed by atoms with van der Waals surface area (Å²) in [7, 11) is 1.64. The van der Waals surface area contributed by atoms with E-state index in [9.17, 15) is 4.79 Å². The molecule has 1 N–H and O–H groups in total. The zero-order chi connectivity index (χ0) is 25.9. The second-order valence-electron chi connectivity index (χ2n) is 9.45. The molecule has 0 spiro atoms. The number of aromatic nitrogens is 5. The molecule has 6 rings (SSSR count). The molecule has 1 aliphatic rings. The molecule has 5 aromatic rings. The molecule has 0 aliphatic carbocycles. The maximum absolute atomic E-state index is 13.5. The normalized spacial score (nSPS) is 15.0. The van der Waals surface area contributed by atoms with Crippen molar-refractivity contribution >= 4 is 16.6 Å². The summed E-state index contributed by atoms with van der Waals surface area (Å²) >= 11 is 0. The number of methoxy groups -OCH3 is 1. The zero-order valence-corrected chi connectivity index (χ0v) is 21.2. The minimum atomic E-state index is -0.411. The van der Waals surface area contributed by atoms with Crippen molar-refractivity contribution < 1.29 is 4.74 Å². The van der Waals surface area contributed by atoms with Crippen LogP contribution in [0, 0.1) is 0 Å². The number of ether oxygens (including phenoxy) is 1. The Morgan fingerprint density at radius 2 is 1.66 bits per heavy atom. The van der Waals surface area contributed by atoms with Crippen LogP contribution in [0.25, 0.3) is 10.9 Å². The number of hydrogen-bond donors (Lipinski definition) is 1. The van der Waals surface area contributed by atoms with Gasteiger partial charge in [-0.1, -0.05) is 48.5 Å². The summed E-state index contributed by atoms with van der Waals surface area (Å²) in [4.78, 5) is 21.3. The first-order valence-electron chi connectivity index (χ1n) is 12.7. The van der Waals surface area contributed by atoms with Crippen LogP contribution in [0.3, 0.4) is 0 Å². The molecule has 3 aromatic carbocycles. The number of para-hydroxylation sites is 1. The molecule has 0 saturated carbocycles. The molecule has 192 valence electrons. The van der Waals surface area contributed by atoms with Crippen LogP contribution in [0.2, 0.25) is 0 Å². The average Bonchev–Trinajstić information content (AvgIpc) is 3.42. The first-order chi connectivity index (χ1) is 18.7. The highest BCUT2D eigenvalue weighted by Gasteiger charge is 2.32. The molecule has 9 heteroatoms. The fourth-order valence-electron chi connectivity index (χ4n) is 5.18. The van der Waals surface area contributed by atoms with Crippen LogP contribution in [0.5, 0.6) is 5.75 Å². The Bertz CT molecular complexity index is 1580. The van der Waals surface area contributed by atoms with Crippen LogP contribution in [-0.4, -0.2) is 63.4 Å². The number of nitrogens with one attached hydrogen (secondary N) is 1. The van der Waals surface area contributed by atoms with E-state index in [2.05, 4.69) is 54.6 Å². The van der Waals surface area contributed by atoms with Gasteiger partial charge in [0.2, 0.25) is 0 Å². The summed E-state index contributed by atoms with van der Waals surface area (Å²) in [6, 6.07) is 27.7. The molecule has 1 unspecified atom stereocenters. The van der Waals surface area contributed by atoms with Crippen LogP contribution in [-0.2, 0) is 6.54 Å². The topological polar surface area (TPSA) is 92.2 Å². The van der Waals surface area contributed by atoms with Gasteiger partial charge in [0.15, 0.2) is 5.82 Å². The molecule has 0 radical (unpaired) electrons. The Morgan fingerprint density at radius 3 is 2.39 bits per heavy atom. The minimum Gasteiger partial charge on any atom is -0.497 e. The number of rotatable bonds is 7. The molecular formula is C29H29N7O2. The fourth-order valence-corrected chi connectivity index (χ4v) is 5.18. The highest BCUT2D eigenvalue weighted by molar-refractivity contribution is 5.80. The Balaban J connectivity index is 1.40. The number of pyridine rings is 1. The van der Waals surface area contributed by atoms with Gasteiger partial charge in [0.25, 0.3) is 5.56 Å². The third-order valence-corrected chi connectivity index (χ3v) is 7.15. The maximum atomic E-state index is 13.5. The summed E-state index contributed by atoms with van der Waals surface area (Å²) in [5.74, 6) is 1.38. The summed E-state index contributed by atoms with van der Waals surface area (Å²) in [6.45, 7) is 3.70. The van der Waals surface area contributed by atoms with Crippen molar-refractivity contribution in [3.05, 3.63) is 112 Å². The Labute approximate surface area is 220 Å². The Hall–Kier alpha value is -4.50. The van der Waals surface area contributed by atoms with Gasteiger partial charge in [0.1, 0.15) is 11.8 Å². The van der Waals surface area contributed by atoms with Gasteiger partial charge in [0, 0.05) is 48.3 Å². The van der Waals surface area contributed by atoms with Crippen molar-refractivity contribution in [1.29, 1.82) is 0 Å². The molecule has 1 fully saturated rings. The molecule has 0 bridgehead atoms. The average molecular weight is 508 g/mol. The lowest BCUT2D eigenvalue weighted by Gasteiger charge is -2.39. The van der Waals surface area contributed by atoms with E-state index >= 15 is 0 Å². The molecule has 1 saturated heterocycles. The first-order valence-corrected chi connectivity index (χ1v) is 12.7. The second-order valence-corrected chi connectivity index (χ2v) is 9.45. The Morgan fingerprint density at radius 1 is 0.921 bits per heavy atom. The van der Waals surface area contributed by atoms with E-state index in [1.54, 1.807) is 11.8 Å². The van der Waals surface area contributed by atoms with E-state index in [1.165, 1.54) is 5.69 Å². The summed E-state index contributed by atoms with van der Waals surface area (Å²) in [5, 5.41) is 13.7. The van der Waals surface area contributed by atoms with Crippen molar-refractivity contribution in [2.24, 2.45) is 0 Å². The van der Waals surface area contributed by atoms with E-state index in [0.717, 1.165) is 48.4 Å². The molecule has 0 amide bonds. The van der Waals surface area contributed by atoms with Gasteiger partial charge in [-0.25, -0.2) is 4.68 Å². The van der Waals surface area contributed by atoms with Crippen molar-refractivity contribution in [2.45, 2.75) is 12.6 Å². The zero-order valence-electron chi connectivity index (χ0n) is 21.2.